The van der Waals surface area contributed by atoms with Crippen LogP contribution in [-0.2, 0) is 0 Å². The molecule has 1 amide bonds. The maximum Gasteiger partial charge on any atom is 0.254 e. The monoisotopic (exact) mass is 270 g/mol. The average Bonchev–Trinajstić information content (AvgIpc) is 2.13. The van der Waals surface area contributed by atoms with E-state index in [0.717, 1.165) is 0 Å². The molecular formula is C12H12Cl2N2O. The van der Waals surface area contributed by atoms with Crippen LogP contribution in [0, 0.1) is 11.3 Å². The number of hydrogen-bond donors (Lipinski definition) is 1. The summed E-state index contributed by atoms with van der Waals surface area (Å²) in [6.45, 7) is 5.57. The van der Waals surface area contributed by atoms with E-state index in [-0.39, 0.29) is 27.1 Å². The first-order chi connectivity index (χ1) is 7.74. The zero-order valence-corrected chi connectivity index (χ0v) is 11.3. The zero-order chi connectivity index (χ0) is 13.2. The Kier molecular flexibility index (Phi) is 4.03. The molecule has 5 heteroatoms. The van der Waals surface area contributed by atoms with E-state index in [2.05, 4.69) is 5.32 Å². The van der Waals surface area contributed by atoms with Gasteiger partial charge >= 0.3 is 0 Å². The molecule has 0 spiro atoms. The van der Waals surface area contributed by atoms with E-state index in [1.807, 2.05) is 26.8 Å². The van der Waals surface area contributed by atoms with Crippen molar-refractivity contribution in [2.24, 2.45) is 0 Å². The first kappa shape index (κ1) is 13.8. The van der Waals surface area contributed by atoms with Crippen molar-refractivity contribution in [3.8, 4) is 6.07 Å². The highest BCUT2D eigenvalue weighted by molar-refractivity contribution is 6.39. The van der Waals surface area contributed by atoms with Crippen LogP contribution in [0.1, 0.15) is 36.7 Å². The molecule has 1 rings (SSSR count). The van der Waals surface area contributed by atoms with Crippen molar-refractivity contribution in [2.45, 2.75) is 26.3 Å². The lowest BCUT2D eigenvalue weighted by Gasteiger charge is -2.21. The van der Waals surface area contributed by atoms with Gasteiger partial charge in [0.1, 0.15) is 0 Å². The van der Waals surface area contributed by atoms with Crippen LogP contribution in [-0.4, -0.2) is 11.4 Å². The number of nitrogens with zero attached hydrogens (tertiary/aromatic N) is 1. The maximum atomic E-state index is 11.9. The lowest BCUT2D eigenvalue weighted by molar-refractivity contribution is 0.0920. The van der Waals surface area contributed by atoms with E-state index < -0.39 is 0 Å². The van der Waals surface area contributed by atoms with Crippen molar-refractivity contribution in [1.29, 1.82) is 5.26 Å². The standard InChI is InChI=1S/C12H12Cl2N2O/c1-12(2,3)16-11(17)10-8(13)4-7(6-15)5-9(10)14/h4-5H,1-3H3,(H,16,17). The fraction of sp³-hybridized carbons (Fsp3) is 0.333. The van der Waals surface area contributed by atoms with Gasteiger partial charge < -0.3 is 5.32 Å². The molecule has 0 fully saturated rings. The topological polar surface area (TPSA) is 52.9 Å². The number of carbonyl (C=O) groups is 1. The summed E-state index contributed by atoms with van der Waals surface area (Å²) in [5.41, 5.74) is 0.145. The highest BCUT2D eigenvalue weighted by Crippen LogP contribution is 2.26. The summed E-state index contributed by atoms with van der Waals surface area (Å²) < 4.78 is 0. The van der Waals surface area contributed by atoms with Crippen LogP contribution < -0.4 is 5.32 Å². The summed E-state index contributed by atoms with van der Waals surface area (Å²) in [5, 5.41) is 11.9. The van der Waals surface area contributed by atoms with Crippen LogP contribution in [0.3, 0.4) is 0 Å². The normalized spacial score (nSPS) is 10.8. The second-order valence-electron chi connectivity index (χ2n) is 4.63. The number of amides is 1. The van der Waals surface area contributed by atoms with E-state index in [9.17, 15) is 4.79 Å². The Labute approximate surface area is 110 Å². The molecule has 0 heterocycles. The van der Waals surface area contributed by atoms with E-state index in [0.29, 0.717) is 5.56 Å². The van der Waals surface area contributed by atoms with Crippen molar-refractivity contribution >= 4 is 29.1 Å². The molecule has 1 aromatic rings. The third-order valence-corrected chi connectivity index (χ3v) is 2.48. The molecule has 0 radical (unpaired) electrons. The number of nitrogens with one attached hydrogen (secondary N) is 1. The molecule has 0 atom stereocenters. The molecule has 0 bridgehead atoms. The van der Waals surface area contributed by atoms with Gasteiger partial charge in [-0.3, -0.25) is 4.79 Å². The minimum atomic E-state index is -0.377. The van der Waals surface area contributed by atoms with E-state index in [1.165, 1.54) is 12.1 Å². The SMILES string of the molecule is CC(C)(C)NC(=O)c1c(Cl)cc(C#N)cc1Cl. The maximum absolute atomic E-state index is 11.9. The summed E-state index contributed by atoms with van der Waals surface area (Å²) in [6.07, 6.45) is 0. The molecule has 0 saturated carbocycles. The van der Waals surface area contributed by atoms with E-state index in [4.69, 9.17) is 28.5 Å². The fourth-order valence-corrected chi connectivity index (χ4v) is 1.92. The fourth-order valence-electron chi connectivity index (χ4n) is 1.26. The van der Waals surface area contributed by atoms with Gasteiger partial charge in [-0.25, -0.2) is 0 Å². The first-order valence-electron chi connectivity index (χ1n) is 4.96. The molecule has 90 valence electrons. The van der Waals surface area contributed by atoms with Crippen LogP contribution in [0.4, 0.5) is 0 Å². The van der Waals surface area contributed by atoms with Crippen molar-refractivity contribution < 1.29 is 4.79 Å². The third-order valence-electron chi connectivity index (χ3n) is 1.89. The number of hydrogen-bond acceptors (Lipinski definition) is 2. The number of rotatable bonds is 1. The number of halogens is 2. The molecule has 17 heavy (non-hydrogen) atoms. The summed E-state index contributed by atoms with van der Waals surface area (Å²) in [7, 11) is 0. The van der Waals surface area contributed by atoms with E-state index >= 15 is 0 Å². The molecule has 1 aromatic carbocycles. The molecule has 0 unspecified atom stereocenters. The lowest BCUT2D eigenvalue weighted by Crippen LogP contribution is -2.40. The Balaban J connectivity index is 3.16. The molecule has 0 saturated heterocycles. The van der Waals surface area contributed by atoms with Gasteiger partial charge in [0.25, 0.3) is 5.91 Å². The van der Waals surface area contributed by atoms with Crippen LogP contribution in [0.2, 0.25) is 10.0 Å². The van der Waals surface area contributed by atoms with Gasteiger partial charge in [0.15, 0.2) is 0 Å². The highest BCUT2D eigenvalue weighted by Gasteiger charge is 2.20. The van der Waals surface area contributed by atoms with Crippen LogP contribution >= 0.6 is 23.2 Å². The first-order valence-corrected chi connectivity index (χ1v) is 5.72. The Morgan fingerprint density at radius 3 is 2.12 bits per heavy atom. The van der Waals surface area contributed by atoms with Crippen molar-refractivity contribution in [2.75, 3.05) is 0 Å². The Hall–Kier alpha value is -1.24. The van der Waals surface area contributed by atoms with Gasteiger partial charge in [0.2, 0.25) is 0 Å². The van der Waals surface area contributed by atoms with Gasteiger partial charge in [0, 0.05) is 5.54 Å². The molecule has 1 N–H and O–H groups in total. The van der Waals surface area contributed by atoms with Crippen molar-refractivity contribution in [3.63, 3.8) is 0 Å². The molecule has 0 aliphatic heterocycles. The van der Waals surface area contributed by atoms with Gasteiger partial charge in [-0.2, -0.15) is 5.26 Å². The summed E-state index contributed by atoms with van der Waals surface area (Å²) in [4.78, 5) is 11.9. The Morgan fingerprint density at radius 2 is 1.76 bits per heavy atom. The quantitative estimate of drug-likeness (QED) is 0.851. The second-order valence-corrected chi connectivity index (χ2v) is 5.45. The van der Waals surface area contributed by atoms with Gasteiger partial charge in [0.05, 0.1) is 27.2 Å². The average molecular weight is 271 g/mol. The highest BCUT2D eigenvalue weighted by atomic mass is 35.5. The molecule has 0 aliphatic rings. The smallest absolute Gasteiger partial charge is 0.254 e. The lowest BCUT2D eigenvalue weighted by atomic mass is 10.1. The van der Waals surface area contributed by atoms with Crippen molar-refractivity contribution in [1.82, 2.24) is 5.32 Å². The van der Waals surface area contributed by atoms with Gasteiger partial charge in [-0.15, -0.1) is 0 Å². The largest absolute Gasteiger partial charge is 0.347 e. The van der Waals surface area contributed by atoms with Crippen LogP contribution in [0.5, 0.6) is 0 Å². The predicted octanol–water partition coefficient (Wildman–Crippen LogP) is 3.39. The van der Waals surface area contributed by atoms with Crippen molar-refractivity contribution in [3.05, 3.63) is 33.3 Å². The minimum Gasteiger partial charge on any atom is -0.347 e. The predicted molar refractivity (Wildman–Crippen MR) is 68.4 cm³/mol. The summed E-state index contributed by atoms with van der Waals surface area (Å²) in [6, 6.07) is 4.77. The number of carbonyl (C=O) groups excluding carboxylic acids is 1. The zero-order valence-electron chi connectivity index (χ0n) is 9.77. The number of benzene rings is 1. The van der Waals surface area contributed by atoms with Crippen LogP contribution in [0.25, 0.3) is 0 Å². The second kappa shape index (κ2) is 4.95. The van der Waals surface area contributed by atoms with Crippen LogP contribution in [0.15, 0.2) is 12.1 Å². The van der Waals surface area contributed by atoms with Gasteiger partial charge in [-0.1, -0.05) is 23.2 Å². The minimum absolute atomic E-state index is 0.177. The third kappa shape index (κ3) is 3.62. The Morgan fingerprint density at radius 1 is 1.29 bits per heavy atom. The molecular weight excluding hydrogens is 259 g/mol. The molecule has 0 aliphatic carbocycles. The summed E-state index contributed by atoms with van der Waals surface area (Å²) in [5.74, 6) is -0.350. The summed E-state index contributed by atoms with van der Waals surface area (Å²) >= 11 is 11.9. The Bertz CT molecular complexity index is 475. The molecule has 3 nitrogen and oxygen atoms in total. The molecule has 0 aromatic heterocycles. The van der Waals surface area contributed by atoms with E-state index in [1.54, 1.807) is 0 Å². The van der Waals surface area contributed by atoms with Gasteiger partial charge in [-0.05, 0) is 32.9 Å². The number of nitriles is 1.